The smallest absolute Gasteiger partial charge is 0.337 e. The molecule has 0 aromatic heterocycles. The van der Waals surface area contributed by atoms with Gasteiger partial charge in [-0.15, -0.1) is 0 Å². The Bertz CT molecular complexity index is 685. The average Bonchev–Trinajstić information content (AvgIpc) is 2.63. The molecule has 0 saturated heterocycles. The molecule has 1 atom stereocenters. The topological polar surface area (TPSA) is 79.9 Å². The van der Waals surface area contributed by atoms with Crippen molar-refractivity contribution in [3.63, 3.8) is 0 Å². The molecule has 7 heteroatoms. The van der Waals surface area contributed by atoms with Crippen LogP contribution in [0.1, 0.15) is 32.8 Å². The fraction of sp³-hybridized carbons (Fsp3) is 0.500. The summed E-state index contributed by atoms with van der Waals surface area (Å²) in [5.74, 6) is 0.453. The Hall–Kier alpha value is -2.54. The first kappa shape index (κ1) is 20.8. The van der Waals surface area contributed by atoms with Crippen molar-refractivity contribution in [2.24, 2.45) is 0 Å². The van der Waals surface area contributed by atoms with Gasteiger partial charge in [-0.3, -0.25) is 4.90 Å². The SMILES string of the molecule is CCOC(=O)C1=C(CN(C)Cc2ccc(OCC)cc2)NC(=O)N[C@H]1CC. The van der Waals surface area contributed by atoms with E-state index in [-0.39, 0.29) is 18.0 Å². The Morgan fingerprint density at radius 3 is 2.41 bits per heavy atom. The molecule has 1 heterocycles. The predicted octanol–water partition coefficient (Wildman–Crippen LogP) is 2.43. The minimum absolute atomic E-state index is 0.292. The summed E-state index contributed by atoms with van der Waals surface area (Å²) in [4.78, 5) is 26.4. The molecule has 27 heavy (non-hydrogen) atoms. The van der Waals surface area contributed by atoms with E-state index in [0.717, 1.165) is 11.3 Å². The normalized spacial score (nSPS) is 16.8. The van der Waals surface area contributed by atoms with E-state index in [4.69, 9.17) is 9.47 Å². The number of benzene rings is 1. The summed E-state index contributed by atoms with van der Waals surface area (Å²) in [5, 5.41) is 5.57. The van der Waals surface area contributed by atoms with Crippen molar-refractivity contribution < 1.29 is 19.1 Å². The van der Waals surface area contributed by atoms with Gasteiger partial charge >= 0.3 is 12.0 Å². The van der Waals surface area contributed by atoms with E-state index in [2.05, 4.69) is 10.6 Å². The Balaban J connectivity index is 2.14. The maximum atomic E-state index is 12.4. The first-order valence-corrected chi connectivity index (χ1v) is 9.36. The number of rotatable bonds is 9. The molecule has 0 spiro atoms. The quantitative estimate of drug-likeness (QED) is 0.648. The van der Waals surface area contributed by atoms with Crippen LogP contribution in [0.25, 0.3) is 0 Å². The van der Waals surface area contributed by atoms with Crippen LogP contribution >= 0.6 is 0 Å². The van der Waals surface area contributed by atoms with Crippen molar-refractivity contribution in [2.45, 2.75) is 39.8 Å². The standard InChI is InChI=1S/C20H29N3O4/c1-5-16-18(19(24)27-7-3)17(22-20(25)21-16)13-23(4)12-14-8-10-15(11-9-14)26-6-2/h8-11,16H,5-7,12-13H2,1-4H3,(H2,21,22,25)/t16-/m0/s1. The first-order valence-electron chi connectivity index (χ1n) is 9.36. The third-order valence-corrected chi connectivity index (χ3v) is 4.26. The molecular weight excluding hydrogens is 346 g/mol. The van der Waals surface area contributed by atoms with Crippen LogP contribution in [-0.4, -0.2) is 49.7 Å². The Kier molecular flexibility index (Phi) is 7.67. The van der Waals surface area contributed by atoms with Crippen LogP contribution < -0.4 is 15.4 Å². The molecule has 2 rings (SSSR count). The Labute approximate surface area is 160 Å². The largest absolute Gasteiger partial charge is 0.494 e. The van der Waals surface area contributed by atoms with Gasteiger partial charge in [-0.05, 0) is 45.0 Å². The highest BCUT2D eigenvalue weighted by Crippen LogP contribution is 2.19. The van der Waals surface area contributed by atoms with Crippen LogP contribution in [0, 0.1) is 0 Å². The molecular formula is C20H29N3O4. The number of nitrogens with zero attached hydrogens (tertiary/aromatic N) is 1. The fourth-order valence-corrected chi connectivity index (χ4v) is 3.08. The molecule has 148 valence electrons. The van der Waals surface area contributed by atoms with Gasteiger partial charge in [0.1, 0.15) is 5.75 Å². The van der Waals surface area contributed by atoms with Gasteiger partial charge in [0.15, 0.2) is 0 Å². The number of hydrogen-bond donors (Lipinski definition) is 2. The molecule has 2 amide bonds. The number of ether oxygens (including phenoxy) is 2. The highest BCUT2D eigenvalue weighted by Gasteiger charge is 2.31. The minimum Gasteiger partial charge on any atom is -0.494 e. The summed E-state index contributed by atoms with van der Waals surface area (Å²) in [6, 6.07) is 7.27. The number of esters is 1. The number of carbonyl (C=O) groups is 2. The summed E-state index contributed by atoms with van der Waals surface area (Å²) >= 11 is 0. The second-order valence-electron chi connectivity index (χ2n) is 6.42. The van der Waals surface area contributed by atoms with E-state index < -0.39 is 0 Å². The van der Waals surface area contributed by atoms with Crippen LogP contribution in [0.15, 0.2) is 35.5 Å². The Morgan fingerprint density at radius 1 is 1.11 bits per heavy atom. The molecule has 0 aliphatic carbocycles. The lowest BCUT2D eigenvalue weighted by Gasteiger charge is -2.30. The second kappa shape index (κ2) is 9.97. The summed E-state index contributed by atoms with van der Waals surface area (Å²) in [6.45, 7) is 7.69. The molecule has 0 unspecified atom stereocenters. The van der Waals surface area contributed by atoms with Gasteiger partial charge in [0.2, 0.25) is 0 Å². The maximum Gasteiger partial charge on any atom is 0.337 e. The molecule has 1 aliphatic rings. The van der Waals surface area contributed by atoms with E-state index >= 15 is 0 Å². The fourth-order valence-electron chi connectivity index (χ4n) is 3.08. The first-order chi connectivity index (χ1) is 13.0. The third-order valence-electron chi connectivity index (χ3n) is 4.26. The van der Waals surface area contributed by atoms with Crippen LogP contribution in [0.2, 0.25) is 0 Å². The zero-order valence-electron chi connectivity index (χ0n) is 16.5. The maximum absolute atomic E-state index is 12.4. The van der Waals surface area contributed by atoms with Crippen molar-refractivity contribution in [2.75, 3.05) is 26.8 Å². The number of carbonyl (C=O) groups excluding carboxylic acids is 2. The van der Waals surface area contributed by atoms with Crippen LogP contribution in [-0.2, 0) is 16.1 Å². The van der Waals surface area contributed by atoms with E-state index in [0.29, 0.717) is 44.0 Å². The van der Waals surface area contributed by atoms with E-state index in [1.54, 1.807) is 6.92 Å². The van der Waals surface area contributed by atoms with Crippen LogP contribution in [0.3, 0.4) is 0 Å². The number of urea groups is 1. The van der Waals surface area contributed by atoms with Crippen molar-refractivity contribution in [3.05, 3.63) is 41.1 Å². The summed E-state index contributed by atoms with van der Waals surface area (Å²) in [6.07, 6.45) is 0.619. The summed E-state index contributed by atoms with van der Waals surface area (Å²) in [5.41, 5.74) is 2.21. The van der Waals surface area contributed by atoms with Gasteiger partial charge in [-0.1, -0.05) is 19.1 Å². The van der Waals surface area contributed by atoms with Crippen molar-refractivity contribution in [1.29, 1.82) is 0 Å². The molecule has 1 aliphatic heterocycles. The molecule has 7 nitrogen and oxygen atoms in total. The summed E-state index contributed by atoms with van der Waals surface area (Å²) < 4.78 is 10.7. The van der Waals surface area contributed by atoms with Crippen molar-refractivity contribution in [3.8, 4) is 5.75 Å². The second-order valence-corrected chi connectivity index (χ2v) is 6.42. The minimum atomic E-state index is -0.388. The van der Waals surface area contributed by atoms with E-state index in [1.165, 1.54) is 0 Å². The number of nitrogens with one attached hydrogen (secondary N) is 2. The lowest BCUT2D eigenvalue weighted by Crippen LogP contribution is -2.51. The van der Waals surface area contributed by atoms with Crippen molar-refractivity contribution in [1.82, 2.24) is 15.5 Å². The van der Waals surface area contributed by atoms with Crippen LogP contribution in [0.5, 0.6) is 5.75 Å². The molecule has 2 N–H and O–H groups in total. The Morgan fingerprint density at radius 2 is 1.81 bits per heavy atom. The third kappa shape index (κ3) is 5.72. The predicted molar refractivity (Wildman–Crippen MR) is 103 cm³/mol. The van der Waals surface area contributed by atoms with E-state index in [9.17, 15) is 9.59 Å². The number of likely N-dealkylation sites (N-methyl/N-ethyl adjacent to an activating group) is 1. The molecule has 0 radical (unpaired) electrons. The molecule has 1 aromatic carbocycles. The molecule has 0 bridgehead atoms. The van der Waals surface area contributed by atoms with Crippen LogP contribution in [0.4, 0.5) is 4.79 Å². The lowest BCUT2D eigenvalue weighted by molar-refractivity contribution is -0.139. The monoisotopic (exact) mass is 375 g/mol. The van der Waals surface area contributed by atoms with Gasteiger partial charge in [0.25, 0.3) is 0 Å². The zero-order valence-corrected chi connectivity index (χ0v) is 16.5. The van der Waals surface area contributed by atoms with Gasteiger partial charge in [0.05, 0.1) is 24.8 Å². The van der Waals surface area contributed by atoms with Gasteiger partial charge in [-0.25, -0.2) is 9.59 Å². The average molecular weight is 375 g/mol. The van der Waals surface area contributed by atoms with Gasteiger partial charge in [-0.2, -0.15) is 0 Å². The summed E-state index contributed by atoms with van der Waals surface area (Å²) in [7, 11) is 1.95. The zero-order chi connectivity index (χ0) is 19.8. The lowest BCUT2D eigenvalue weighted by atomic mass is 10.00. The number of amides is 2. The highest BCUT2D eigenvalue weighted by molar-refractivity contribution is 5.94. The highest BCUT2D eigenvalue weighted by atomic mass is 16.5. The number of hydrogen-bond acceptors (Lipinski definition) is 5. The molecule has 0 saturated carbocycles. The van der Waals surface area contributed by atoms with Crippen molar-refractivity contribution >= 4 is 12.0 Å². The molecule has 0 fully saturated rings. The van der Waals surface area contributed by atoms with Gasteiger partial charge in [0, 0.05) is 18.8 Å². The van der Waals surface area contributed by atoms with E-state index in [1.807, 2.05) is 50.1 Å². The molecule has 1 aromatic rings. The van der Waals surface area contributed by atoms with Gasteiger partial charge < -0.3 is 20.1 Å².